The molecule has 8 N–H and O–H groups in total. The number of nitrogens with one attached hydrogen (secondary N) is 4. The molecule has 1 aromatic carbocycles. The largest absolute Gasteiger partial charge is 0.492 e. The molecule has 0 aromatic heterocycles. The van der Waals surface area contributed by atoms with Crippen molar-refractivity contribution in [1.29, 1.82) is 0 Å². The van der Waals surface area contributed by atoms with Crippen LogP contribution in [0.3, 0.4) is 0 Å². The number of benzene rings is 2. The molecule has 0 spiro atoms. The molecule has 0 radical (unpaired) electrons. The van der Waals surface area contributed by atoms with Gasteiger partial charge in [-0.25, -0.2) is 14.6 Å². The highest BCUT2D eigenvalue weighted by Crippen LogP contribution is 2.38. The van der Waals surface area contributed by atoms with Crippen molar-refractivity contribution < 1.29 is 76.2 Å². The number of carbonyl (C=O) groups is 12. The van der Waals surface area contributed by atoms with Gasteiger partial charge in [0.05, 0.1) is 29.9 Å². The molecule has 520 valence electrons. The van der Waals surface area contributed by atoms with Crippen molar-refractivity contribution in [3.05, 3.63) is 38.5 Å². The van der Waals surface area contributed by atoms with Crippen LogP contribution in [-0.2, 0) is 57.4 Å². The molecule has 1 aliphatic carbocycles. The lowest BCUT2D eigenvalue weighted by Crippen LogP contribution is -2.61. The van der Waals surface area contributed by atoms with E-state index in [0.29, 0.717) is 12.8 Å². The molecule has 4 fully saturated rings. The summed E-state index contributed by atoms with van der Waals surface area (Å²) in [5.74, 6) is -12.8. The first-order chi connectivity index (χ1) is 44.4. The van der Waals surface area contributed by atoms with Gasteiger partial charge in [0.2, 0.25) is 52.7 Å². The van der Waals surface area contributed by atoms with Crippen LogP contribution in [0.25, 0.3) is 22.6 Å². The van der Waals surface area contributed by atoms with Crippen LogP contribution >= 0.6 is 0 Å². The zero-order valence-electron chi connectivity index (χ0n) is 57.3. The standard InChI is InChI=1S/C65H93N13O17/c1-28(2)45-62(88)77-22-18-20-38(77)60(86)73(14)25-41(79)75(16)51(30(5)6)64(90)93-35(12)47(58(84)69-45)71-56(82)37-24-40(92-27-32(9)66)33(10)54-49(37)68-50-43(44(67)53(81)34(11)55(50)95-54)57(83)72-48-36(13)94-65(91)52(31(7)8)76(17)42(80)26-74(15)61(87)39-21-19-23-78(39)63(89)46(29(3)4)70-59(48)85/h24,28-32,35-36,38-39,45-48,51-52H,18-23,25-27,66-67H2,1-17H3,(H,69,84)(H,70,85)(H,71,82)(H,72,83)/t32?,35-,36-,38-,39-,45+,46+,47?,48?,51-,52-/m0/s1. The van der Waals surface area contributed by atoms with Crippen LogP contribution in [0.1, 0.15) is 134 Å². The summed E-state index contributed by atoms with van der Waals surface area (Å²) in [4.78, 5) is 201. The van der Waals surface area contributed by atoms with Crippen molar-refractivity contribution in [3.63, 3.8) is 0 Å². The molecule has 5 aliphatic heterocycles. The Bertz CT molecular complexity index is 3570. The van der Waals surface area contributed by atoms with E-state index in [-0.39, 0.29) is 66.3 Å². The van der Waals surface area contributed by atoms with E-state index in [1.54, 1.807) is 69.2 Å². The van der Waals surface area contributed by atoms with Crippen molar-refractivity contribution in [3.8, 4) is 17.2 Å². The summed E-state index contributed by atoms with van der Waals surface area (Å²) >= 11 is 0. The average Bonchev–Trinajstić information content (AvgIpc) is 1.42. The number of likely N-dealkylation sites (N-methyl/N-ethyl adjacent to an activating group) is 4. The Morgan fingerprint density at radius 1 is 0.642 bits per heavy atom. The zero-order chi connectivity index (χ0) is 70.8. The lowest BCUT2D eigenvalue weighted by atomic mass is 9.98. The van der Waals surface area contributed by atoms with Crippen LogP contribution < -0.4 is 42.9 Å². The minimum absolute atomic E-state index is 0.000628. The van der Waals surface area contributed by atoms with E-state index < -0.39 is 202 Å². The molecular weight excluding hydrogens is 1230 g/mol. The number of cyclic esters (lactones) is 2. The number of aryl methyl sites for hydroxylation is 1. The van der Waals surface area contributed by atoms with Crippen LogP contribution in [-0.4, -0.2) is 233 Å². The predicted octanol–water partition coefficient (Wildman–Crippen LogP) is 0.452. The molecule has 0 bridgehead atoms. The molecule has 3 unspecified atom stereocenters. The van der Waals surface area contributed by atoms with Gasteiger partial charge < -0.3 is 80.8 Å². The molecule has 30 nitrogen and oxygen atoms in total. The number of hydrogen-bond acceptors (Lipinski definition) is 20. The topological polar surface area (TPSA) is 395 Å². The van der Waals surface area contributed by atoms with Crippen molar-refractivity contribution in [2.24, 2.45) is 29.4 Å². The first-order valence-electron chi connectivity index (χ1n) is 32.3. The van der Waals surface area contributed by atoms with Crippen molar-refractivity contribution in [2.45, 2.75) is 182 Å². The van der Waals surface area contributed by atoms with Crippen molar-refractivity contribution in [1.82, 2.24) is 55.7 Å². The quantitative estimate of drug-likeness (QED) is 0.0862. The Kier molecular flexibility index (Phi) is 23.0. The normalized spacial score (nSPS) is 25.8. The van der Waals surface area contributed by atoms with Gasteiger partial charge in [-0.05, 0) is 90.0 Å². The average molecular weight is 1330 g/mol. The van der Waals surface area contributed by atoms with Gasteiger partial charge in [0, 0.05) is 58.4 Å². The maximum Gasteiger partial charge on any atom is 0.329 e. The fourth-order valence-corrected chi connectivity index (χ4v) is 12.7. The van der Waals surface area contributed by atoms with Crippen LogP contribution in [0, 0.1) is 37.5 Å². The summed E-state index contributed by atoms with van der Waals surface area (Å²) in [5.41, 5.74) is 9.08. The summed E-state index contributed by atoms with van der Waals surface area (Å²) in [5, 5.41) is 10.7. The summed E-state index contributed by atoms with van der Waals surface area (Å²) in [6.45, 7) is 19.7. The molecule has 95 heavy (non-hydrogen) atoms. The number of fused-ring (bicyclic) bond motifs is 4. The molecule has 5 heterocycles. The van der Waals surface area contributed by atoms with Crippen LogP contribution in [0.2, 0.25) is 0 Å². The lowest BCUT2D eigenvalue weighted by Gasteiger charge is -2.36. The van der Waals surface area contributed by atoms with Crippen molar-refractivity contribution >= 4 is 87.8 Å². The number of nitrogen functional groups attached to an aromatic ring is 1. The van der Waals surface area contributed by atoms with Gasteiger partial charge in [0.1, 0.15) is 84.1 Å². The summed E-state index contributed by atoms with van der Waals surface area (Å²) in [6, 6.07) is -10.3. The van der Waals surface area contributed by atoms with Crippen LogP contribution in [0.15, 0.2) is 15.3 Å². The first kappa shape index (κ1) is 73.5. The van der Waals surface area contributed by atoms with Gasteiger partial charge in [-0.1, -0.05) is 55.4 Å². The molecular formula is C65H93N13O17. The number of nitrogens with zero attached hydrogens (tertiary/aromatic N) is 7. The molecule has 7 rings (SSSR count). The Balaban J connectivity index is 1.38. The summed E-state index contributed by atoms with van der Waals surface area (Å²) in [6.07, 6.45) is -1.79. The van der Waals surface area contributed by atoms with Gasteiger partial charge >= 0.3 is 11.9 Å². The Hall–Kier alpha value is -8.96. The minimum atomic E-state index is -1.92. The maximum atomic E-state index is 15.5. The minimum Gasteiger partial charge on any atom is -0.492 e. The molecule has 11 atom stereocenters. The van der Waals surface area contributed by atoms with E-state index in [1.165, 1.54) is 74.6 Å². The lowest BCUT2D eigenvalue weighted by molar-refractivity contribution is -0.163. The highest BCUT2D eigenvalue weighted by Gasteiger charge is 2.47. The zero-order valence-corrected chi connectivity index (χ0v) is 57.3. The molecule has 30 heteroatoms. The van der Waals surface area contributed by atoms with Gasteiger partial charge in [0.15, 0.2) is 11.3 Å². The number of hydrogen-bond donors (Lipinski definition) is 6. The second-order valence-electron chi connectivity index (χ2n) is 26.9. The van der Waals surface area contributed by atoms with Gasteiger partial charge in [-0.3, -0.25) is 52.7 Å². The van der Waals surface area contributed by atoms with Gasteiger partial charge in [-0.15, -0.1) is 0 Å². The third kappa shape index (κ3) is 15.3. The van der Waals surface area contributed by atoms with Crippen LogP contribution in [0.5, 0.6) is 5.75 Å². The molecule has 10 amide bonds. The third-order valence-electron chi connectivity index (χ3n) is 18.2. The van der Waals surface area contributed by atoms with E-state index in [0.717, 1.165) is 9.80 Å². The number of ether oxygens (including phenoxy) is 3. The summed E-state index contributed by atoms with van der Waals surface area (Å²) < 4.78 is 24.6. The molecule has 1 aromatic rings. The number of nitrogens with two attached hydrogens (primary N) is 2. The predicted molar refractivity (Wildman–Crippen MR) is 345 cm³/mol. The Morgan fingerprint density at radius 2 is 1.07 bits per heavy atom. The molecule has 6 aliphatic rings. The maximum absolute atomic E-state index is 15.5. The Morgan fingerprint density at radius 3 is 1.48 bits per heavy atom. The van der Waals surface area contributed by atoms with Gasteiger partial charge in [0.25, 0.3) is 11.8 Å². The van der Waals surface area contributed by atoms with E-state index in [9.17, 15) is 47.9 Å². The highest BCUT2D eigenvalue weighted by atomic mass is 16.6. The highest BCUT2D eigenvalue weighted by molar-refractivity contribution is 6.11. The number of amides is 10. The Labute approximate surface area is 551 Å². The smallest absolute Gasteiger partial charge is 0.329 e. The second kappa shape index (κ2) is 29.8. The van der Waals surface area contributed by atoms with Gasteiger partial charge in [-0.2, -0.15) is 0 Å². The van der Waals surface area contributed by atoms with E-state index in [1.807, 2.05) is 0 Å². The molecule has 0 saturated carbocycles. The van der Waals surface area contributed by atoms with E-state index in [4.69, 9.17) is 35.1 Å². The molecule has 4 saturated heterocycles. The fourth-order valence-electron chi connectivity index (χ4n) is 12.7. The SMILES string of the molecule is Cc1c2oc3c(C)c(OCC(C)N)cc(C(=O)NC4C(=O)N[C@H](C(C)C)C(=O)N5CCC[C@H]5C(=O)N(C)CC(=O)N(C)[C@@H](C(C)C)C(=O)O[C@H]4C)c3nc-2c(C(=O)NC2C(=O)N[C@H](C(C)C)C(=O)N3CCC[C@H]3C(=O)N(C)CC(=O)N(C)[C@@H](C(C)C)C(=O)O[C@H]2C)c(N)c1=O. The number of esters is 2. The van der Waals surface area contributed by atoms with Crippen LogP contribution in [0.4, 0.5) is 5.69 Å². The number of anilines is 1. The van der Waals surface area contributed by atoms with E-state index in [2.05, 4.69) is 21.3 Å². The number of carbonyl (C=O) groups excluding carboxylic acids is 12. The first-order valence-corrected chi connectivity index (χ1v) is 32.3. The monoisotopic (exact) mass is 1330 g/mol. The number of aromatic nitrogens is 1. The number of rotatable bonds is 11. The fraction of sp³-hybridized carbons (Fsp3) is 0.631. The van der Waals surface area contributed by atoms with E-state index >= 15 is 14.4 Å². The van der Waals surface area contributed by atoms with Crippen molar-refractivity contribution in [2.75, 3.05) is 66.7 Å². The second-order valence-corrected chi connectivity index (χ2v) is 26.9. The summed E-state index contributed by atoms with van der Waals surface area (Å²) in [7, 11) is 5.56. The third-order valence-corrected chi connectivity index (χ3v) is 18.2.